The molecule has 1 N–H and O–H groups in total. The van der Waals surface area contributed by atoms with Gasteiger partial charge < -0.3 is 14.8 Å². The number of carbonyl (C=O) groups excluding carboxylic acids is 1. The number of rotatable bonds is 11. The maximum absolute atomic E-state index is 12.4. The molecule has 180 valence electrons. The Kier molecular flexibility index (Phi) is 8.54. The van der Waals surface area contributed by atoms with Gasteiger partial charge in [0.2, 0.25) is 15.9 Å². The van der Waals surface area contributed by atoms with Gasteiger partial charge in [-0.3, -0.25) is 9.10 Å². The predicted molar refractivity (Wildman–Crippen MR) is 134 cm³/mol. The zero-order valence-corrected chi connectivity index (χ0v) is 20.5. The SMILES string of the molecule is Cc1ccc(OCCNC(=O)CN(c2ccc(OCc3ccccc3)cc2)S(C)(=O)=O)cc1C. The van der Waals surface area contributed by atoms with Crippen molar-refractivity contribution in [2.24, 2.45) is 0 Å². The van der Waals surface area contributed by atoms with E-state index in [4.69, 9.17) is 9.47 Å². The molecule has 3 rings (SSSR count). The maximum Gasteiger partial charge on any atom is 0.240 e. The number of nitrogens with zero attached hydrogens (tertiary/aromatic N) is 1. The lowest BCUT2D eigenvalue weighted by molar-refractivity contribution is -0.119. The van der Waals surface area contributed by atoms with Gasteiger partial charge in [0.1, 0.15) is 31.3 Å². The van der Waals surface area contributed by atoms with Gasteiger partial charge in [-0.2, -0.15) is 0 Å². The van der Waals surface area contributed by atoms with Crippen LogP contribution < -0.4 is 19.1 Å². The van der Waals surface area contributed by atoms with Crippen LogP contribution in [-0.4, -0.2) is 40.3 Å². The summed E-state index contributed by atoms with van der Waals surface area (Å²) in [5.74, 6) is 0.914. The second kappa shape index (κ2) is 11.6. The Balaban J connectivity index is 1.52. The van der Waals surface area contributed by atoms with Gasteiger partial charge >= 0.3 is 0 Å². The maximum atomic E-state index is 12.4. The van der Waals surface area contributed by atoms with Crippen molar-refractivity contribution in [1.29, 1.82) is 0 Å². The molecule has 0 fully saturated rings. The Bertz CT molecular complexity index is 1200. The largest absolute Gasteiger partial charge is 0.492 e. The van der Waals surface area contributed by atoms with Crippen LogP contribution >= 0.6 is 0 Å². The first-order chi connectivity index (χ1) is 16.2. The minimum Gasteiger partial charge on any atom is -0.492 e. The van der Waals surface area contributed by atoms with Crippen LogP contribution in [-0.2, 0) is 21.4 Å². The molecule has 0 aromatic heterocycles. The van der Waals surface area contributed by atoms with Gasteiger partial charge in [-0.1, -0.05) is 36.4 Å². The van der Waals surface area contributed by atoms with E-state index in [1.807, 2.05) is 62.4 Å². The van der Waals surface area contributed by atoms with Crippen LogP contribution in [0.15, 0.2) is 72.8 Å². The third-order valence-corrected chi connectivity index (χ3v) is 6.37. The fourth-order valence-corrected chi connectivity index (χ4v) is 4.06. The van der Waals surface area contributed by atoms with Crippen LogP contribution in [0.1, 0.15) is 16.7 Å². The number of ether oxygens (including phenoxy) is 2. The lowest BCUT2D eigenvalue weighted by Gasteiger charge is -2.22. The van der Waals surface area contributed by atoms with E-state index in [1.54, 1.807) is 24.3 Å². The minimum absolute atomic E-state index is 0.260. The van der Waals surface area contributed by atoms with Crippen LogP contribution in [0.4, 0.5) is 5.69 Å². The van der Waals surface area contributed by atoms with Gasteiger partial charge in [-0.15, -0.1) is 0 Å². The molecular weight excluding hydrogens is 452 g/mol. The summed E-state index contributed by atoms with van der Waals surface area (Å²) in [4.78, 5) is 12.4. The topological polar surface area (TPSA) is 84.9 Å². The highest BCUT2D eigenvalue weighted by atomic mass is 32.2. The first-order valence-corrected chi connectivity index (χ1v) is 12.8. The van der Waals surface area contributed by atoms with Crippen molar-refractivity contribution in [3.05, 3.63) is 89.5 Å². The average molecular weight is 483 g/mol. The molecule has 0 saturated carbocycles. The van der Waals surface area contributed by atoms with E-state index in [0.29, 0.717) is 18.0 Å². The second-order valence-corrected chi connectivity index (χ2v) is 9.89. The van der Waals surface area contributed by atoms with E-state index in [9.17, 15) is 13.2 Å². The van der Waals surface area contributed by atoms with Crippen molar-refractivity contribution >= 4 is 21.6 Å². The number of amides is 1. The first kappa shape index (κ1) is 25.1. The molecule has 0 spiro atoms. The number of carbonyl (C=O) groups is 1. The number of nitrogens with one attached hydrogen (secondary N) is 1. The van der Waals surface area contributed by atoms with Gasteiger partial charge in [-0.05, 0) is 66.9 Å². The van der Waals surface area contributed by atoms with Gasteiger partial charge in [0.05, 0.1) is 18.5 Å². The summed E-state index contributed by atoms with van der Waals surface area (Å²) < 4.78 is 37.1. The van der Waals surface area contributed by atoms with Crippen molar-refractivity contribution in [1.82, 2.24) is 5.32 Å². The zero-order chi connectivity index (χ0) is 24.6. The number of hydrogen-bond donors (Lipinski definition) is 1. The molecule has 0 bridgehead atoms. The summed E-state index contributed by atoms with van der Waals surface area (Å²) in [6.45, 7) is 4.65. The first-order valence-electron chi connectivity index (χ1n) is 10.9. The van der Waals surface area contributed by atoms with Crippen molar-refractivity contribution in [2.75, 3.05) is 30.3 Å². The molecule has 0 unspecified atom stereocenters. The molecule has 34 heavy (non-hydrogen) atoms. The molecule has 3 aromatic rings. The van der Waals surface area contributed by atoms with Crippen molar-refractivity contribution in [2.45, 2.75) is 20.5 Å². The second-order valence-electron chi connectivity index (χ2n) is 7.98. The summed E-state index contributed by atoms with van der Waals surface area (Å²) in [5, 5.41) is 2.71. The predicted octanol–water partition coefficient (Wildman–Crippen LogP) is 3.84. The molecule has 0 aliphatic carbocycles. The molecule has 0 aliphatic rings. The van der Waals surface area contributed by atoms with Gasteiger partial charge in [0.15, 0.2) is 0 Å². The van der Waals surface area contributed by atoms with E-state index in [0.717, 1.165) is 27.4 Å². The Morgan fingerprint density at radius 3 is 2.21 bits per heavy atom. The molecule has 8 heteroatoms. The number of sulfonamides is 1. The lowest BCUT2D eigenvalue weighted by Crippen LogP contribution is -2.41. The van der Waals surface area contributed by atoms with Crippen LogP contribution in [0.2, 0.25) is 0 Å². The number of anilines is 1. The van der Waals surface area contributed by atoms with Crippen LogP contribution in [0.25, 0.3) is 0 Å². The van der Waals surface area contributed by atoms with Crippen molar-refractivity contribution in [3.8, 4) is 11.5 Å². The molecule has 7 nitrogen and oxygen atoms in total. The lowest BCUT2D eigenvalue weighted by atomic mass is 10.1. The highest BCUT2D eigenvalue weighted by Gasteiger charge is 2.20. The van der Waals surface area contributed by atoms with Crippen molar-refractivity contribution < 1.29 is 22.7 Å². The summed E-state index contributed by atoms with van der Waals surface area (Å²) in [7, 11) is -3.66. The zero-order valence-electron chi connectivity index (χ0n) is 19.7. The fourth-order valence-electron chi connectivity index (χ4n) is 3.20. The molecule has 1 amide bonds. The smallest absolute Gasteiger partial charge is 0.240 e. The molecule has 0 aliphatic heterocycles. The molecule has 3 aromatic carbocycles. The van der Waals surface area contributed by atoms with Crippen LogP contribution in [0.5, 0.6) is 11.5 Å². The number of hydrogen-bond acceptors (Lipinski definition) is 5. The minimum atomic E-state index is -3.66. The highest BCUT2D eigenvalue weighted by molar-refractivity contribution is 7.92. The van der Waals surface area contributed by atoms with Crippen LogP contribution in [0.3, 0.4) is 0 Å². The molecular formula is C26H30N2O5S. The molecule has 0 atom stereocenters. The summed E-state index contributed by atoms with van der Waals surface area (Å²) >= 11 is 0. The summed E-state index contributed by atoms with van der Waals surface area (Å²) in [6, 6.07) is 22.2. The van der Waals surface area contributed by atoms with E-state index >= 15 is 0 Å². The quantitative estimate of drug-likeness (QED) is 0.420. The standard InChI is InChI=1S/C26H30N2O5S/c1-20-9-12-25(17-21(20)2)32-16-15-27-26(29)18-28(34(3,30)31)23-10-13-24(14-11-23)33-19-22-7-5-4-6-8-22/h4-14,17H,15-16,18-19H2,1-3H3,(H,27,29). The van der Waals surface area contributed by atoms with Crippen LogP contribution in [0, 0.1) is 13.8 Å². The third-order valence-electron chi connectivity index (χ3n) is 5.23. The van der Waals surface area contributed by atoms with E-state index < -0.39 is 15.9 Å². The summed E-state index contributed by atoms with van der Waals surface area (Å²) in [6.07, 6.45) is 1.07. The number of benzene rings is 3. The Hall–Kier alpha value is -3.52. The van der Waals surface area contributed by atoms with E-state index in [1.165, 1.54) is 5.56 Å². The highest BCUT2D eigenvalue weighted by Crippen LogP contribution is 2.22. The van der Waals surface area contributed by atoms with E-state index in [-0.39, 0.29) is 19.7 Å². The van der Waals surface area contributed by atoms with Gasteiger partial charge in [-0.25, -0.2) is 8.42 Å². The Morgan fingerprint density at radius 2 is 1.56 bits per heavy atom. The Morgan fingerprint density at radius 1 is 0.882 bits per heavy atom. The van der Waals surface area contributed by atoms with Gasteiger partial charge in [0, 0.05) is 0 Å². The monoisotopic (exact) mass is 482 g/mol. The van der Waals surface area contributed by atoms with Gasteiger partial charge in [0.25, 0.3) is 0 Å². The Labute approximate surface area is 201 Å². The third kappa shape index (κ3) is 7.52. The average Bonchev–Trinajstić information content (AvgIpc) is 2.81. The normalized spacial score (nSPS) is 11.0. The molecule has 0 heterocycles. The van der Waals surface area contributed by atoms with E-state index in [2.05, 4.69) is 5.32 Å². The summed E-state index contributed by atoms with van der Waals surface area (Å²) in [5.41, 5.74) is 3.72. The van der Waals surface area contributed by atoms with Crippen molar-refractivity contribution in [3.63, 3.8) is 0 Å². The number of aryl methyl sites for hydroxylation is 2. The molecule has 0 radical (unpaired) electrons. The fraction of sp³-hybridized carbons (Fsp3) is 0.269. The molecule has 0 saturated heterocycles.